The first-order valence-corrected chi connectivity index (χ1v) is 3.86. The molecule has 0 fully saturated rings. The van der Waals surface area contributed by atoms with Crippen LogP contribution in [-0.4, -0.2) is 29.9 Å². The van der Waals surface area contributed by atoms with Gasteiger partial charge in [0.1, 0.15) is 6.04 Å². The third-order valence-electron chi connectivity index (χ3n) is 1.80. The Balaban J connectivity index is 2.22. The number of nitrogens with two attached hydrogens (primary N) is 1. The molecular formula is C8H12N2O2. The minimum atomic E-state index is -0.936. The molecule has 0 saturated carbocycles. The molecule has 0 bridgehead atoms. The van der Waals surface area contributed by atoms with Crippen molar-refractivity contribution in [2.24, 2.45) is 10.7 Å². The van der Waals surface area contributed by atoms with Gasteiger partial charge in [-0.25, -0.2) is 0 Å². The maximum Gasteiger partial charge on any atom is 0.320 e. The summed E-state index contributed by atoms with van der Waals surface area (Å²) in [5, 5.41) is 8.48. The number of allylic oxidation sites excluding steroid dienone is 1. The van der Waals surface area contributed by atoms with Gasteiger partial charge in [0.2, 0.25) is 0 Å². The van der Waals surface area contributed by atoms with E-state index in [4.69, 9.17) is 10.8 Å². The van der Waals surface area contributed by atoms with Crippen LogP contribution in [0.5, 0.6) is 0 Å². The Morgan fingerprint density at radius 2 is 2.58 bits per heavy atom. The van der Waals surface area contributed by atoms with Crippen molar-refractivity contribution in [3.63, 3.8) is 0 Å². The van der Waals surface area contributed by atoms with E-state index in [1.165, 1.54) is 0 Å². The van der Waals surface area contributed by atoms with E-state index in [0.717, 1.165) is 12.0 Å². The van der Waals surface area contributed by atoms with E-state index in [0.29, 0.717) is 13.0 Å². The summed E-state index contributed by atoms with van der Waals surface area (Å²) in [5.74, 6) is -0.936. The van der Waals surface area contributed by atoms with E-state index in [2.05, 4.69) is 4.99 Å². The first-order chi connectivity index (χ1) is 5.70. The number of hydrogen-bond acceptors (Lipinski definition) is 3. The molecule has 0 aliphatic carbocycles. The van der Waals surface area contributed by atoms with Gasteiger partial charge < -0.3 is 10.8 Å². The quantitative estimate of drug-likeness (QED) is 0.629. The Labute approximate surface area is 70.8 Å². The lowest BCUT2D eigenvalue weighted by Crippen LogP contribution is -2.29. The first-order valence-electron chi connectivity index (χ1n) is 3.86. The highest BCUT2D eigenvalue weighted by molar-refractivity contribution is 5.75. The van der Waals surface area contributed by atoms with Crippen molar-refractivity contribution in [2.45, 2.75) is 18.9 Å². The van der Waals surface area contributed by atoms with Gasteiger partial charge in [0, 0.05) is 6.21 Å². The summed E-state index contributed by atoms with van der Waals surface area (Å²) >= 11 is 0. The fourth-order valence-corrected chi connectivity index (χ4v) is 1.01. The highest BCUT2D eigenvalue weighted by atomic mass is 16.4. The van der Waals surface area contributed by atoms with Crippen LogP contribution in [0.3, 0.4) is 0 Å². The standard InChI is InChI=1S/C8H12N2O2/c9-7(8(11)12)2-1-6-3-4-10-5-6/h3-4,7H,1-2,5,9H2,(H,11,12)/t7-/m1/s1. The van der Waals surface area contributed by atoms with Crippen LogP contribution in [0.25, 0.3) is 0 Å². The van der Waals surface area contributed by atoms with Gasteiger partial charge in [-0.2, -0.15) is 0 Å². The maximum atomic E-state index is 10.3. The fraction of sp³-hybridized carbons (Fsp3) is 0.500. The molecule has 66 valence electrons. The summed E-state index contributed by atoms with van der Waals surface area (Å²) in [7, 11) is 0. The van der Waals surface area contributed by atoms with Crippen molar-refractivity contribution in [1.82, 2.24) is 0 Å². The molecule has 1 heterocycles. The number of carbonyl (C=O) groups is 1. The van der Waals surface area contributed by atoms with Crippen LogP contribution in [0.15, 0.2) is 16.6 Å². The number of aliphatic imine (C=N–C) groups is 1. The highest BCUT2D eigenvalue weighted by Gasteiger charge is 2.11. The Morgan fingerprint density at radius 3 is 3.08 bits per heavy atom. The van der Waals surface area contributed by atoms with Gasteiger partial charge in [0.05, 0.1) is 6.54 Å². The molecule has 12 heavy (non-hydrogen) atoms. The summed E-state index contributed by atoms with van der Waals surface area (Å²) in [5.41, 5.74) is 6.49. The van der Waals surface area contributed by atoms with Crippen LogP contribution >= 0.6 is 0 Å². The molecule has 0 unspecified atom stereocenters. The molecule has 1 atom stereocenters. The van der Waals surface area contributed by atoms with E-state index >= 15 is 0 Å². The number of hydrogen-bond donors (Lipinski definition) is 2. The molecule has 1 aliphatic heterocycles. The number of nitrogens with zero attached hydrogens (tertiary/aromatic N) is 1. The molecule has 0 amide bonds. The average molecular weight is 168 g/mol. The number of rotatable bonds is 4. The lowest BCUT2D eigenvalue weighted by atomic mass is 10.1. The molecule has 4 heteroatoms. The lowest BCUT2D eigenvalue weighted by molar-refractivity contribution is -0.138. The Hall–Kier alpha value is -1.16. The van der Waals surface area contributed by atoms with Gasteiger partial charge in [0.25, 0.3) is 0 Å². The Bertz CT molecular complexity index is 233. The highest BCUT2D eigenvalue weighted by Crippen LogP contribution is 2.09. The third-order valence-corrected chi connectivity index (χ3v) is 1.80. The zero-order valence-corrected chi connectivity index (χ0v) is 6.73. The topological polar surface area (TPSA) is 75.7 Å². The minimum absolute atomic E-state index is 0.491. The first kappa shape index (κ1) is 8.93. The van der Waals surface area contributed by atoms with E-state index in [1.54, 1.807) is 6.21 Å². The minimum Gasteiger partial charge on any atom is -0.480 e. The summed E-state index contributed by atoms with van der Waals surface area (Å²) < 4.78 is 0. The van der Waals surface area contributed by atoms with E-state index in [9.17, 15) is 4.79 Å². The SMILES string of the molecule is N[C@H](CCC1=CC=NC1)C(=O)O. The van der Waals surface area contributed by atoms with Crippen LogP contribution in [-0.2, 0) is 4.79 Å². The molecule has 0 aromatic heterocycles. The van der Waals surface area contributed by atoms with Crippen LogP contribution < -0.4 is 5.73 Å². The fourth-order valence-electron chi connectivity index (χ4n) is 1.01. The van der Waals surface area contributed by atoms with E-state index < -0.39 is 12.0 Å². The molecule has 4 nitrogen and oxygen atoms in total. The lowest BCUT2D eigenvalue weighted by Gasteiger charge is -2.05. The number of aliphatic carboxylic acids is 1. The number of carboxylic acids is 1. The van der Waals surface area contributed by atoms with Crippen molar-refractivity contribution in [1.29, 1.82) is 0 Å². The van der Waals surface area contributed by atoms with Gasteiger partial charge in [-0.15, -0.1) is 0 Å². The van der Waals surface area contributed by atoms with Crippen LogP contribution in [0.4, 0.5) is 0 Å². The molecule has 0 saturated heterocycles. The van der Waals surface area contributed by atoms with Gasteiger partial charge >= 0.3 is 5.97 Å². The van der Waals surface area contributed by atoms with Crippen LogP contribution in [0.2, 0.25) is 0 Å². The zero-order chi connectivity index (χ0) is 8.97. The van der Waals surface area contributed by atoms with Crippen molar-refractivity contribution in [2.75, 3.05) is 6.54 Å². The van der Waals surface area contributed by atoms with Gasteiger partial charge in [0.15, 0.2) is 0 Å². The molecule has 0 spiro atoms. The van der Waals surface area contributed by atoms with Gasteiger partial charge in [-0.1, -0.05) is 0 Å². The Kier molecular flexibility index (Phi) is 2.99. The van der Waals surface area contributed by atoms with Crippen molar-refractivity contribution in [3.05, 3.63) is 11.6 Å². The van der Waals surface area contributed by atoms with Crippen molar-refractivity contribution < 1.29 is 9.90 Å². The van der Waals surface area contributed by atoms with Crippen molar-refractivity contribution >= 4 is 12.2 Å². The zero-order valence-electron chi connectivity index (χ0n) is 6.73. The predicted molar refractivity (Wildman–Crippen MR) is 46.3 cm³/mol. The molecule has 0 aromatic rings. The summed E-state index contributed by atoms with van der Waals surface area (Å²) in [6, 6.07) is -0.744. The summed E-state index contributed by atoms with van der Waals surface area (Å²) in [6.45, 7) is 0.701. The molecule has 1 aliphatic rings. The predicted octanol–water partition coefficient (Wildman–Crippen LogP) is 0.189. The summed E-state index contributed by atoms with van der Waals surface area (Å²) in [4.78, 5) is 14.3. The second kappa shape index (κ2) is 4.01. The third kappa shape index (κ3) is 2.47. The van der Waals surface area contributed by atoms with Crippen LogP contribution in [0.1, 0.15) is 12.8 Å². The second-order valence-electron chi connectivity index (χ2n) is 2.80. The van der Waals surface area contributed by atoms with Crippen LogP contribution in [0, 0.1) is 0 Å². The molecule has 3 N–H and O–H groups in total. The van der Waals surface area contributed by atoms with Crippen molar-refractivity contribution in [3.8, 4) is 0 Å². The van der Waals surface area contributed by atoms with Gasteiger partial charge in [-0.05, 0) is 24.5 Å². The average Bonchev–Trinajstić information content (AvgIpc) is 2.51. The molecule has 0 aromatic carbocycles. The Morgan fingerprint density at radius 1 is 1.83 bits per heavy atom. The van der Waals surface area contributed by atoms with E-state index in [-0.39, 0.29) is 0 Å². The van der Waals surface area contributed by atoms with E-state index in [1.807, 2.05) is 6.08 Å². The molecule has 1 rings (SSSR count). The van der Waals surface area contributed by atoms with Gasteiger partial charge in [-0.3, -0.25) is 9.79 Å². The second-order valence-corrected chi connectivity index (χ2v) is 2.80. The summed E-state index contributed by atoms with van der Waals surface area (Å²) in [6.07, 6.45) is 4.87. The maximum absolute atomic E-state index is 10.3. The molecular weight excluding hydrogens is 156 g/mol. The number of carboxylic acid groups (broad SMARTS) is 1. The molecule has 0 radical (unpaired) electrons. The largest absolute Gasteiger partial charge is 0.480 e. The normalized spacial score (nSPS) is 17.6. The monoisotopic (exact) mass is 168 g/mol. The smallest absolute Gasteiger partial charge is 0.320 e.